The number of aromatic nitrogens is 2. The fourth-order valence-corrected chi connectivity index (χ4v) is 6.75. The van der Waals surface area contributed by atoms with Crippen molar-refractivity contribution in [2.75, 3.05) is 20.3 Å². The van der Waals surface area contributed by atoms with Gasteiger partial charge in [-0.1, -0.05) is 13.8 Å². The Morgan fingerprint density at radius 3 is 2.97 bits per heavy atom. The average molecular weight is 458 g/mol. The molecule has 0 saturated carbocycles. The van der Waals surface area contributed by atoms with Crippen LogP contribution in [0.2, 0.25) is 0 Å². The standard InChI is InChI=1S/C24H31N3O2S2/c1-15(2)16(14-29-3)5-4-6-17(28)11-21-23(18-7-9-26-13-22(18)30-21)24-27-19-12-25-10-8-20(19)31-24/h8,10,12,15-16,26H,4-7,9,11,13-14H2,1-3H3. The van der Waals surface area contributed by atoms with Crippen LogP contribution in [0.15, 0.2) is 18.5 Å². The van der Waals surface area contributed by atoms with Gasteiger partial charge in [-0.05, 0) is 49.3 Å². The number of Topliss-reactive ketones (excluding diaryl/α,β-unsaturated/α-hetero) is 1. The number of methoxy groups -OCH3 is 1. The fourth-order valence-electron chi connectivity index (χ4n) is 4.30. The number of thiophene rings is 1. The highest BCUT2D eigenvalue weighted by molar-refractivity contribution is 7.22. The normalized spacial score (nSPS) is 14.8. The molecule has 3 aromatic heterocycles. The second kappa shape index (κ2) is 10.3. The Morgan fingerprint density at radius 2 is 2.19 bits per heavy atom. The zero-order valence-electron chi connectivity index (χ0n) is 18.6. The van der Waals surface area contributed by atoms with Crippen molar-refractivity contribution in [3.63, 3.8) is 0 Å². The highest BCUT2D eigenvalue weighted by atomic mass is 32.1. The molecule has 1 atom stereocenters. The Kier molecular flexibility index (Phi) is 7.48. The van der Waals surface area contributed by atoms with Crippen molar-refractivity contribution in [3.8, 4) is 10.6 Å². The predicted molar refractivity (Wildman–Crippen MR) is 129 cm³/mol. The molecule has 4 heterocycles. The predicted octanol–water partition coefficient (Wildman–Crippen LogP) is 5.27. The molecule has 1 aliphatic rings. The molecule has 31 heavy (non-hydrogen) atoms. The van der Waals surface area contributed by atoms with Crippen LogP contribution in [0.3, 0.4) is 0 Å². The summed E-state index contributed by atoms with van der Waals surface area (Å²) in [5.74, 6) is 1.42. The maximum atomic E-state index is 12.9. The number of carbonyl (C=O) groups is 1. The van der Waals surface area contributed by atoms with Crippen molar-refractivity contribution < 1.29 is 9.53 Å². The van der Waals surface area contributed by atoms with Crippen molar-refractivity contribution in [1.82, 2.24) is 15.3 Å². The van der Waals surface area contributed by atoms with Crippen molar-refractivity contribution >= 4 is 38.7 Å². The number of hydrogen-bond acceptors (Lipinski definition) is 7. The highest BCUT2D eigenvalue weighted by Gasteiger charge is 2.25. The number of nitrogens with one attached hydrogen (secondary N) is 1. The third kappa shape index (κ3) is 5.22. The zero-order chi connectivity index (χ0) is 21.8. The summed E-state index contributed by atoms with van der Waals surface area (Å²) in [6.07, 6.45) is 7.76. The fraction of sp³-hybridized carbons (Fsp3) is 0.542. The number of carbonyl (C=O) groups excluding carboxylic acids is 1. The molecule has 7 heteroatoms. The molecule has 1 N–H and O–H groups in total. The number of rotatable bonds is 10. The lowest BCUT2D eigenvalue weighted by Gasteiger charge is -2.19. The molecule has 0 aromatic carbocycles. The van der Waals surface area contributed by atoms with Gasteiger partial charge in [0.25, 0.3) is 0 Å². The molecule has 0 spiro atoms. The first-order chi connectivity index (χ1) is 15.1. The highest BCUT2D eigenvalue weighted by Crippen LogP contribution is 2.41. The van der Waals surface area contributed by atoms with Crippen LogP contribution in [-0.2, 0) is 28.9 Å². The van der Waals surface area contributed by atoms with E-state index in [1.165, 1.54) is 20.9 Å². The number of pyridine rings is 1. The van der Waals surface area contributed by atoms with E-state index in [1.54, 1.807) is 29.8 Å². The van der Waals surface area contributed by atoms with Crippen LogP contribution in [0, 0.1) is 11.8 Å². The summed E-state index contributed by atoms with van der Waals surface area (Å²) < 4.78 is 6.50. The van der Waals surface area contributed by atoms with E-state index in [2.05, 4.69) is 24.1 Å². The van der Waals surface area contributed by atoms with Crippen molar-refractivity contribution in [2.24, 2.45) is 11.8 Å². The Balaban J connectivity index is 1.52. The molecule has 4 rings (SSSR count). The molecular weight excluding hydrogens is 426 g/mol. The van der Waals surface area contributed by atoms with Crippen LogP contribution in [0.4, 0.5) is 0 Å². The lowest BCUT2D eigenvalue weighted by Crippen LogP contribution is -2.22. The van der Waals surface area contributed by atoms with Crippen LogP contribution in [-0.4, -0.2) is 36.0 Å². The number of ether oxygens (including phenoxy) is 1. The molecule has 5 nitrogen and oxygen atoms in total. The van der Waals surface area contributed by atoms with Gasteiger partial charge in [0.2, 0.25) is 0 Å². The zero-order valence-corrected chi connectivity index (χ0v) is 20.2. The maximum Gasteiger partial charge on any atom is 0.138 e. The molecule has 0 radical (unpaired) electrons. The first-order valence-corrected chi connectivity index (χ1v) is 12.8. The molecule has 0 aliphatic carbocycles. The molecule has 3 aromatic rings. The van der Waals surface area contributed by atoms with Gasteiger partial charge in [0.15, 0.2) is 0 Å². The van der Waals surface area contributed by atoms with Crippen LogP contribution >= 0.6 is 22.7 Å². The van der Waals surface area contributed by atoms with Gasteiger partial charge in [0.1, 0.15) is 16.3 Å². The van der Waals surface area contributed by atoms with E-state index in [1.807, 2.05) is 18.5 Å². The number of thiazole rings is 1. The SMILES string of the molecule is COCC(CCCC(=O)Cc1sc2c(c1-c1nc3cnccc3s1)CCNC2)C(C)C. The summed E-state index contributed by atoms with van der Waals surface area (Å²) in [6, 6.07) is 2.02. The molecule has 0 fully saturated rings. The van der Waals surface area contributed by atoms with Crippen LogP contribution in [0.25, 0.3) is 20.8 Å². The summed E-state index contributed by atoms with van der Waals surface area (Å²) >= 11 is 3.50. The Bertz CT molecular complexity index is 1010. The molecule has 1 unspecified atom stereocenters. The minimum absolute atomic E-state index is 0.329. The second-order valence-electron chi connectivity index (χ2n) is 8.66. The Morgan fingerprint density at radius 1 is 1.32 bits per heavy atom. The van der Waals surface area contributed by atoms with Crippen molar-refractivity contribution in [1.29, 1.82) is 0 Å². The topological polar surface area (TPSA) is 64.1 Å². The van der Waals surface area contributed by atoms with Gasteiger partial charge in [-0.2, -0.15) is 0 Å². The van der Waals surface area contributed by atoms with E-state index < -0.39 is 0 Å². The van der Waals surface area contributed by atoms with E-state index in [0.717, 1.165) is 54.2 Å². The lowest BCUT2D eigenvalue weighted by atomic mass is 9.90. The average Bonchev–Trinajstić information content (AvgIpc) is 3.33. The largest absolute Gasteiger partial charge is 0.384 e. The molecular formula is C24H31N3O2S2. The lowest BCUT2D eigenvalue weighted by molar-refractivity contribution is -0.118. The smallest absolute Gasteiger partial charge is 0.138 e. The number of fused-ring (bicyclic) bond motifs is 2. The van der Waals surface area contributed by atoms with Gasteiger partial charge < -0.3 is 10.1 Å². The van der Waals surface area contributed by atoms with Gasteiger partial charge in [-0.25, -0.2) is 4.98 Å². The summed E-state index contributed by atoms with van der Waals surface area (Å²) in [5, 5.41) is 4.50. The van der Waals surface area contributed by atoms with Gasteiger partial charge >= 0.3 is 0 Å². The van der Waals surface area contributed by atoms with E-state index in [4.69, 9.17) is 9.72 Å². The van der Waals surface area contributed by atoms with Gasteiger partial charge in [-0.3, -0.25) is 9.78 Å². The quantitative estimate of drug-likeness (QED) is 0.449. The third-order valence-corrected chi connectivity index (χ3v) is 8.40. The summed E-state index contributed by atoms with van der Waals surface area (Å²) in [5.41, 5.74) is 3.54. The van der Waals surface area contributed by atoms with Gasteiger partial charge in [-0.15, -0.1) is 22.7 Å². The van der Waals surface area contributed by atoms with Crippen LogP contribution in [0.1, 0.15) is 48.4 Å². The minimum Gasteiger partial charge on any atom is -0.384 e. The van der Waals surface area contributed by atoms with Crippen LogP contribution < -0.4 is 5.32 Å². The first-order valence-electron chi connectivity index (χ1n) is 11.1. The number of hydrogen-bond donors (Lipinski definition) is 1. The minimum atomic E-state index is 0.329. The van der Waals surface area contributed by atoms with Crippen molar-refractivity contribution in [3.05, 3.63) is 33.8 Å². The first kappa shape index (κ1) is 22.5. The molecule has 166 valence electrons. The van der Waals surface area contributed by atoms with E-state index in [9.17, 15) is 4.79 Å². The second-order valence-corrected chi connectivity index (χ2v) is 10.9. The summed E-state index contributed by atoms with van der Waals surface area (Å²) in [4.78, 5) is 24.6. The van der Waals surface area contributed by atoms with Crippen molar-refractivity contribution in [2.45, 2.75) is 52.5 Å². The van der Waals surface area contributed by atoms with E-state index in [-0.39, 0.29) is 0 Å². The van der Waals surface area contributed by atoms with E-state index >= 15 is 0 Å². The maximum absolute atomic E-state index is 12.9. The van der Waals surface area contributed by atoms with Gasteiger partial charge in [0, 0.05) is 54.6 Å². The number of ketones is 1. The Hall–Kier alpha value is -1.67. The molecule has 0 amide bonds. The third-order valence-electron chi connectivity index (χ3n) is 6.12. The van der Waals surface area contributed by atoms with Gasteiger partial charge in [0.05, 0.1) is 10.9 Å². The monoisotopic (exact) mass is 457 g/mol. The molecule has 1 aliphatic heterocycles. The Labute approximate surface area is 192 Å². The van der Waals surface area contributed by atoms with E-state index in [0.29, 0.717) is 30.5 Å². The molecule has 0 saturated heterocycles. The number of nitrogens with zero attached hydrogens (tertiary/aromatic N) is 2. The van der Waals surface area contributed by atoms with Crippen LogP contribution in [0.5, 0.6) is 0 Å². The molecule has 0 bridgehead atoms. The summed E-state index contributed by atoms with van der Waals surface area (Å²) in [7, 11) is 1.76. The summed E-state index contributed by atoms with van der Waals surface area (Å²) in [6.45, 7) is 7.10.